The van der Waals surface area contributed by atoms with Gasteiger partial charge in [-0.1, -0.05) is 72.8 Å². The first-order valence-electron chi connectivity index (χ1n) is 9.62. The summed E-state index contributed by atoms with van der Waals surface area (Å²) in [6.45, 7) is 9.05. The lowest BCUT2D eigenvalue weighted by atomic mass is 9.86. The summed E-state index contributed by atoms with van der Waals surface area (Å²) < 4.78 is 0. The summed E-state index contributed by atoms with van der Waals surface area (Å²) in [5.74, 6) is 0. The topological polar surface area (TPSA) is 3.24 Å². The van der Waals surface area contributed by atoms with Crippen LogP contribution in [0.1, 0.15) is 16.7 Å². The van der Waals surface area contributed by atoms with E-state index in [4.69, 9.17) is 0 Å². The average Bonchev–Trinajstić information content (AvgIpc) is 2.86. The highest BCUT2D eigenvalue weighted by Gasteiger charge is 2.24. The van der Waals surface area contributed by atoms with E-state index in [0.29, 0.717) is 0 Å². The first-order chi connectivity index (χ1) is 13.3. The zero-order valence-corrected chi connectivity index (χ0v) is 15.7. The van der Waals surface area contributed by atoms with Gasteiger partial charge in [0.05, 0.1) is 0 Å². The molecule has 1 nitrogen and oxygen atoms in total. The van der Waals surface area contributed by atoms with E-state index in [1.807, 2.05) is 6.08 Å². The minimum Gasteiger partial charge on any atom is -0.291 e. The lowest BCUT2D eigenvalue weighted by Gasteiger charge is -2.20. The van der Waals surface area contributed by atoms with Gasteiger partial charge >= 0.3 is 0 Å². The van der Waals surface area contributed by atoms with E-state index in [1.54, 1.807) is 0 Å². The van der Waals surface area contributed by atoms with E-state index < -0.39 is 0 Å². The zero-order chi connectivity index (χ0) is 18.4. The van der Waals surface area contributed by atoms with Crippen LogP contribution >= 0.6 is 0 Å². The molecule has 0 fully saturated rings. The molecule has 4 aromatic carbocycles. The molecule has 0 spiro atoms. The maximum absolute atomic E-state index is 3.98. The Labute approximate surface area is 160 Å². The van der Waals surface area contributed by atoms with Gasteiger partial charge in [0.2, 0.25) is 0 Å². The Morgan fingerprint density at radius 2 is 1.56 bits per heavy atom. The Morgan fingerprint density at radius 1 is 0.852 bits per heavy atom. The molecule has 27 heavy (non-hydrogen) atoms. The van der Waals surface area contributed by atoms with Crippen molar-refractivity contribution in [3.8, 4) is 11.1 Å². The molecule has 0 N–H and O–H groups in total. The fraction of sp³-hybridized carbons (Fsp3) is 0.154. The number of hydrogen-bond acceptors (Lipinski definition) is 1. The molecule has 5 rings (SSSR count). The second-order valence-corrected chi connectivity index (χ2v) is 7.55. The Kier molecular flexibility index (Phi) is 3.84. The summed E-state index contributed by atoms with van der Waals surface area (Å²) in [6, 6.07) is 24.5. The molecule has 0 bridgehead atoms. The maximum atomic E-state index is 3.98. The Morgan fingerprint density at radius 3 is 2.33 bits per heavy atom. The van der Waals surface area contributed by atoms with Crippen molar-refractivity contribution in [2.24, 2.45) is 0 Å². The van der Waals surface area contributed by atoms with Crippen molar-refractivity contribution in [1.29, 1.82) is 0 Å². The largest absolute Gasteiger partial charge is 0.291 e. The van der Waals surface area contributed by atoms with Crippen molar-refractivity contribution in [3.05, 3.63) is 96.1 Å². The van der Waals surface area contributed by atoms with E-state index in [1.165, 1.54) is 49.4 Å². The van der Waals surface area contributed by atoms with Gasteiger partial charge in [0.15, 0.2) is 0 Å². The fourth-order valence-corrected chi connectivity index (χ4v) is 4.60. The third-order valence-corrected chi connectivity index (χ3v) is 5.81. The van der Waals surface area contributed by atoms with Crippen LogP contribution in [0.3, 0.4) is 0 Å². The van der Waals surface area contributed by atoms with Gasteiger partial charge in [-0.3, -0.25) is 4.90 Å². The average molecular weight is 349 g/mol. The summed E-state index contributed by atoms with van der Waals surface area (Å²) in [4.78, 5) is 2.49. The molecule has 0 unspecified atom stereocenters. The van der Waals surface area contributed by atoms with Crippen LogP contribution in [0, 0.1) is 6.92 Å². The van der Waals surface area contributed by atoms with Crippen molar-refractivity contribution >= 4 is 21.5 Å². The lowest BCUT2D eigenvalue weighted by Crippen LogP contribution is -2.22. The molecular formula is C26H23N. The molecule has 1 aliphatic heterocycles. The van der Waals surface area contributed by atoms with Gasteiger partial charge in [-0.15, -0.1) is 6.58 Å². The molecule has 1 heterocycles. The van der Waals surface area contributed by atoms with Gasteiger partial charge in [-0.2, -0.15) is 0 Å². The van der Waals surface area contributed by atoms with Crippen LogP contribution in [0.4, 0.5) is 0 Å². The highest BCUT2D eigenvalue weighted by Crippen LogP contribution is 2.43. The van der Waals surface area contributed by atoms with Crippen LogP contribution in [0.5, 0.6) is 0 Å². The van der Waals surface area contributed by atoms with Crippen molar-refractivity contribution < 1.29 is 0 Å². The SMILES string of the molecule is C=CCN1Cc2ccc3ccccc3c2-c2c(c(C)cc3ccccc23)C1. The molecule has 0 radical (unpaired) electrons. The molecule has 0 aromatic heterocycles. The van der Waals surface area contributed by atoms with E-state index >= 15 is 0 Å². The molecule has 0 atom stereocenters. The van der Waals surface area contributed by atoms with Crippen LogP contribution in [0.25, 0.3) is 32.7 Å². The van der Waals surface area contributed by atoms with Gasteiger partial charge in [0, 0.05) is 19.6 Å². The first-order valence-corrected chi connectivity index (χ1v) is 9.62. The van der Waals surface area contributed by atoms with Gasteiger partial charge in [0.25, 0.3) is 0 Å². The van der Waals surface area contributed by atoms with Gasteiger partial charge in [-0.05, 0) is 56.3 Å². The molecular weight excluding hydrogens is 326 g/mol. The predicted octanol–water partition coefficient (Wildman–Crippen LogP) is 6.47. The molecule has 1 heteroatoms. The molecule has 4 aromatic rings. The molecule has 1 aliphatic rings. The zero-order valence-electron chi connectivity index (χ0n) is 15.7. The van der Waals surface area contributed by atoms with E-state index in [9.17, 15) is 0 Å². The van der Waals surface area contributed by atoms with Gasteiger partial charge in [-0.25, -0.2) is 0 Å². The van der Waals surface area contributed by atoms with Crippen LogP contribution in [-0.2, 0) is 13.1 Å². The molecule has 0 amide bonds. The number of aryl methyl sites for hydroxylation is 1. The molecule has 132 valence electrons. The third kappa shape index (κ3) is 2.58. The number of fused-ring (bicyclic) bond motifs is 7. The molecule has 0 saturated carbocycles. The van der Waals surface area contributed by atoms with Crippen molar-refractivity contribution in [2.75, 3.05) is 6.54 Å². The van der Waals surface area contributed by atoms with Crippen molar-refractivity contribution in [3.63, 3.8) is 0 Å². The number of benzene rings is 4. The summed E-state index contributed by atoms with van der Waals surface area (Å²) in [5, 5.41) is 5.35. The summed E-state index contributed by atoms with van der Waals surface area (Å²) in [7, 11) is 0. The highest BCUT2D eigenvalue weighted by molar-refractivity contribution is 6.08. The monoisotopic (exact) mass is 349 g/mol. The van der Waals surface area contributed by atoms with Crippen LogP contribution in [0.2, 0.25) is 0 Å². The summed E-state index contributed by atoms with van der Waals surface area (Å²) in [5.41, 5.74) is 7.06. The number of rotatable bonds is 2. The Bertz CT molecular complexity index is 1190. The smallest absolute Gasteiger partial charge is 0.0249 e. The second kappa shape index (κ2) is 6.37. The number of hydrogen-bond donors (Lipinski definition) is 0. The van der Waals surface area contributed by atoms with E-state index in [-0.39, 0.29) is 0 Å². The van der Waals surface area contributed by atoms with Crippen LogP contribution < -0.4 is 0 Å². The van der Waals surface area contributed by atoms with Crippen molar-refractivity contribution in [2.45, 2.75) is 20.0 Å². The van der Waals surface area contributed by atoms with Gasteiger partial charge < -0.3 is 0 Å². The second-order valence-electron chi connectivity index (χ2n) is 7.55. The fourth-order valence-electron chi connectivity index (χ4n) is 4.60. The lowest BCUT2D eigenvalue weighted by molar-refractivity contribution is 0.289. The third-order valence-electron chi connectivity index (χ3n) is 5.81. The minimum atomic E-state index is 0.901. The minimum absolute atomic E-state index is 0.901. The van der Waals surface area contributed by atoms with Gasteiger partial charge in [0.1, 0.15) is 0 Å². The van der Waals surface area contributed by atoms with Crippen LogP contribution in [0.15, 0.2) is 79.4 Å². The summed E-state index contributed by atoms with van der Waals surface area (Å²) in [6.07, 6.45) is 2.02. The quantitative estimate of drug-likeness (QED) is 0.375. The van der Waals surface area contributed by atoms with Crippen molar-refractivity contribution in [1.82, 2.24) is 4.90 Å². The summed E-state index contributed by atoms with van der Waals surface area (Å²) >= 11 is 0. The molecule has 0 saturated heterocycles. The highest BCUT2D eigenvalue weighted by atomic mass is 15.1. The first kappa shape index (κ1) is 16.3. The van der Waals surface area contributed by atoms with E-state index in [0.717, 1.165) is 19.6 Å². The Hall–Kier alpha value is -2.90. The van der Waals surface area contributed by atoms with E-state index in [2.05, 4.69) is 85.1 Å². The Balaban J connectivity index is 1.96. The standard InChI is InChI=1S/C26H23N/c1-3-14-27-16-21-13-12-19-8-4-6-10-22(19)25(21)26-23-11-7-5-9-20(23)15-18(2)24(26)17-27/h3-13,15H,1,14,16-17H2,2H3. The molecule has 0 aliphatic carbocycles. The maximum Gasteiger partial charge on any atom is 0.0249 e. The number of nitrogens with zero attached hydrogens (tertiary/aromatic N) is 1. The predicted molar refractivity (Wildman–Crippen MR) is 116 cm³/mol. The normalized spacial score (nSPS) is 14.0. The van der Waals surface area contributed by atoms with Crippen LogP contribution in [-0.4, -0.2) is 11.4 Å².